The number of ether oxygens (including phenoxy) is 1. The highest BCUT2D eigenvalue weighted by Gasteiger charge is 2.06. The van der Waals surface area contributed by atoms with Crippen molar-refractivity contribution >= 4 is 5.97 Å². The van der Waals surface area contributed by atoms with Crippen molar-refractivity contribution in [3.05, 3.63) is 54.9 Å². The second-order valence-corrected chi connectivity index (χ2v) is 4.60. The summed E-state index contributed by atoms with van der Waals surface area (Å²) in [6.45, 7) is 3.11. The zero-order valence-electron chi connectivity index (χ0n) is 11.8. The molecule has 0 aliphatic heterocycles. The van der Waals surface area contributed by atoms with Crippen LogP contribution in [0.2, 0.25) is 0 Å². The molecular formula is C17H20NO2+. The Morgan fingerprint density at radius 1 is 1.05 bits per heavy atom. The first-order valence-corrected chi connectivity index (χ1v) is 6.99. The Kier molecular flexibility index (Phi) is 5.30. The molecule has 3 heteroatoms. The van der Waals surface area contributed by atoms with Gasteiger partial charge in [0.15, 0.2) is 12.4 Å². The number of carbonyl (C=O) groups excluding carboxylic acids is 1. The molecule has 1 aromatic carbocycles. The number of hydrogen-bond acceptors (Lipinski definition) is 2. The fourth-order valence-electron chi connectivity index (χ4n) is 2.07. The van der Waals surface area contributed by atoms with Gasteiger partial charge >= 0.3 is 5.97 Å². The topological polar surface area (TPSA) is 30.2 Å². The van der Waals surface area contributed by atoms with E-state index in [0.717, 1.165) is 13.0 Å². The van der Waals surface area contributed by atoms with E-state index in [1.165, 1.54) is 11.1 Å². The summed E-state index contributed by atoms with van der Waals surface area (Å²) in [5.74, 6) is -0.117. The van der Waals surface area contributed by atoms with Gasteiger partial charge in [-0.3, -0.25) is 4.79 Å². The van der Waals surface area contributed by atoms with E-state index < -0.39 is 0 Å². The standard InChI is InChI=1S/C17H20NO2/c1-2-20-17(19)9-6-12-18-13-10-16(11-14-18)15-7-4-3-5-8-15/h3-5,7-8,10-11,13-14H,2,6,9,12H2,1H3/q+1. The maximum absolute atomic E-state index is 11.2. The minimum absolute atomic E-state index is 0.117. The van der Waals surface area contributed by atoms with Crippen LogP contribution in [-0.2, 0) is 16.1 Å². The normalized spacial score (nSPS) is 10.2. The highest BCUT2D eigenvalue weighted by atomic mass is 16.5. The molecule has 2 rings (SSSR count). The highest BCUT2D eigenvalue weighted by molar-refractivity contribution is 5.69. The van der Waals surface area contributed by atoms with Crippen LogP contribution >= 0.6 is 0 Å². The van der Waals surface area contributed by atoms with E-state index in [9.17, 15) is 4.79 Å². The Labute approximate surface area is 119 Å². The summed E-state index contributed by atoms with van der Waals surface area (Å²) in [7, 11) is 0. The molecule has 0 saturated carbocycles. The van der Waals surface area contributed by atoms with Crippen LogP contribution in [0.3, 0.4) is 0 Å². The lowest BCUT2D eigenvalue weighted by Crippen LogP contribution is -2.32. The highest BCUT2D eigenvalue weighted by Crippen LogP contribution is 2.16. The van der Waals surface area contributed by atoms with Gasteiger partial charge in [-0.25, -0.2) is 4.57 Å². The van der Waals surface area contributed by atoms with E-state index in [4.69, 9.17) is 4.74 Å². The molecule has 0 atom stereocenters. The molecule has 0 spiro atoms. The molecule has 1 aromatic heterocycles. The Balaban J connectivity index is 1.88. The van der Waals surface area contributed by atoms with Crippen LogP contribution in [0.5, 0.6) is 0 Å². The summed E-state index contributed by atoms with van der Waals surface area (Å²) in [5, 5.41) is 0. The summed E-state index contributed by atoms with van der Waals surface area (Å²) in [6, 6.07) is 14.5. The van der Waals surface area contributed by atoms with E-state index in [-0.39, 0.29) is 5.97 Å². The molecule has 0 bridgehead atoms. The summed E-state index contributed by atoms with van der Waals surface area (Å²) in [4.78, 5) is 11.2. The van der Waals surface area contributed by atoms with Crippen LogP contribution in [0.25, 0.3) is 11.1 Å². The zero-order chi connectivity index (χ0) is 14.2. The molecular weight excluding hydrogens is 250 g/mol. The SMILES string of the molecule is CCOC(=O)CCC[n+]1ccc(-c2ccccc2)cc1. The Morgan fingerprint density at radius 3 is 2.35 bits per heavy atom. The molecule has 3 nitrogen and oxygen atoms in total. The zero-order valence-corrected chi connectivity index (χ0v) is 11.8. The lowest BCUT2D eigenvalue weighted by molar-refractivity contribution is -0.697. The minimum atomic E-state index is -0.117. The number of pyridine rings is 1. The fraction of sp³-hybridized carbons (Fsp3) is 0.294. The third-order valence-electron chi connectivity index (χ3n) is 3.10. The van der Waals surface area contributed by atoms with Crippen LogP contribution in [0, 0.1) is 0 Å². The van der Waals surface area contributed by atoms with E-state index >= 15 is 0 Å². The van der Waals surface area contributed by atoms with Gasteiger partial charge in [-0.2, -0.15) is 0 Å². The summed E-state index contributed by atoms with van der Waals surface area (Å²) in [6.07, 6.45) is 5.37. The molecule has 2 aromatic rings. The second-order valence-electron chi connectivity index (χ2n) is 4.60. The van der Waals surface area contributed by atoms with E-state index in [1.807, 2.05) is 37.5 Å². The first-order valence-electron chi connectivity index (χ1n) is 6.99. The van der Waals surface area contributed by atoms with Crippen LogP contribution in [0.4, 0.5) is 0 Å². The van der Waals surface area contributed by atoms with Crippen LogP contribution in [0.1, 0.15) is 19.8 Å². The monoisotopic (exact) mass is 270 g/mol. The number of benzene rings is 1. The molecule has 0 aliphatic carbocycles. The number of carbonyl (C=O) groups is 1. The van der Waals surface area contributed by atoms with Crippen molar-refractivity contribution in [1.82, 2.24) is 0 Å². The van der Waals surface area contributed by atoms with Gasteiger partial charge in [0.25, 0.3) is 0 Å². The van der Waals surface area contributed by atoms with Crippen LogP contribution in [0.15, 0.2) is 54.9 Å². The summed E-state index contributed by atoms with van der Waals surface area (Å²) >= 11 is 0. The predicted octanol–water partition coefficient (Wildman–Crippen LogP) is 2.98. The van der Waals surface area contributed by atoms with Gasteiger partial charge in [0.05, 0.1) is 13.0 Å². The number of esters is 1. The third-order valence-corrected chi connectivity index (χ3v) is 3.10. The van der Waals surface area contributed by atoms with Crippen molar-refractivity contribution in [2.45, 2.75) is 26.3 Å². The van der Waals surface area contributed by atoms with E-state index in [2.05, 4.69) is 28.8 Å². The first kappa shape index (κ1) is 14.3. The molecule has 0 amide bonds. The number of rotatable bonds is 6. The smallest absolute Gasteiger partial charge is 0.306 e. The Morgan fingerprint density at radius 2 is 1.70 bits per heavy atom. The maximum atomic E-state index is 11.2. The molecule has 0 fully saturated rings. The molecule has 0 radical (unpaired) electrons. The van der Waals surface area contributed by atoms with Gasteiger partial charge in [-0.15, -0.1) is 0 Å². The molecule has 0 saturated heterocycles. The first-order chi connectivity index (χ1) is 9.79. The average molecular weight is 270 g/mol. The number of hydrogen-bond donors (Lipinski definition) is 0. The van der Waals surface area contributed by atoms with Gasteiger partial charge in [0.1, 0.15) is 6.54 Å². The van der Waals surface area contributed by atoms with Gasteiger partial charge in [0, 0.05) is 18.6 Å². The minimum Gasteiger partial charge on any atom is -0.466 e. The lowest BCUT2D eigenvalue weighted by Gasteiger charge is -2.02. The fourth-order valence-corrected chi connectivity index (χ4v) is 2.07. The number of aromatic nitrogens is 1. The number of nitrogens with zero attached hydrogens (tertiary/aromatic N) is 1. The average Bonchev–Trinajstić information content (AvgIpc) is 2.49. The molecule has 104 valence electrons. The maximum Gasteiger partial charge on any atom is 0.306 e. The van der Waals surface area contributed by atoms with Crippen LogP contribution < -0.4 is 4.57 Å². The summed E-state index contributed by atoms with van der Waals surface area (Å²) in [5.41, 5.74) is 2.42. The Hall–Kier alpha value is -2.16. The lowest BCUT2D eigenvalue weighted by atomic mass is 10.1. The van der Waals surface area contributed by atoms with Gasteiger partial charge in [0.2, 0.25) is 0 Å². The molecule has 0 aliphatic rings. The molecule has 0 N–H and O–H groups in total. The molecule has 0 unspecified atom stereocenters. The quantitative estimate of drug-likeness (QED) is 0.596. The second kappa shape index (κ2) is 7.43. The van der Waals surface area contributed by atoms with Crippen molar-refractivity contribution in [2.24, 2.45) is 0 Å². The summed E-state index contributed by atoms with van der Waals surface area (Å²) < 4.78 is 7.00. The Bertz CT molecular complexity index is 535. The van der Waals surface area contributed by atoms with Gasteiger partial charge in [-0.05, 0) is 18.1 Å². The molecule has 1 heterocycles. The predicted molar refractivity (Wildman–Crippen MR) is 77.9 cm³/mol. The van der Waals surface area contributed by atoms with E-state index in [0.29, 0.717) is 13.0 Å². The largest absolute Gasteiger partial charge is 0.466 e. The number of aryl methyl sites for hydroxylation is 1. The van der Waals surface area contributed by atoms with Gasteiger partial charge < -0.3 is 4.74 Å². The van der Waals surface area contributed by atoms with Crippen LogP contribution in [-0.4, -0.2) is 12.6 Å². The van der Waals surface area contributed by atoms with Crippen molar-refractivity contribution < 1.29 is 14.1 Å². The van der Waals surface area contributed by atoms with E-state index in [1.54, 1.807) is 0 Å². The molecule has 20 heavy (non-hydrogen) atoms. The third kappa shape index (κ3) is 4.19. The van der Waals surface area contributed by atoms with Crippen molar-refractivity contribution in [3.8, 4) is 11.1 Å². The van der Waals surface area contributed by atoms with Crippen molar-refractivity contribution in [2.75, 3.05) is 6.61 Å². The van der Waals surface area contributed by atoms with Crippen molar-refractivity contribution in [3.63, 3.8) is 0 Å². The van der Waals surface area contributed by atoms with Crippen molar-refractivity contribution in [1.29, 1.82) is 0 Å². The van der Waals surface area contributed by atoms with Gasteiger partial charge in [-0.1, -0.05) is 30.3 Å².